The Bertz CT molecular complexity index is 785. The molecule has 26 heavy (non-hydrogen) atoms. The van der Waals surface area contributed by atoms with Crippen LogP contribution < -0.4 is 10.1 Å². The van der Waals surface area contributed by atoms with Gasteiger partial charge in [0.1, 0.15) is 5.75 Å². The Hall–Kier alpha value is -2.69. The van der Waals surface area contributed by atoms with Gasteiger partial charge >= 0.3 is 0 Å². The number of alkyl halides is 2. The molecule has 0 saturated heterocycles. The van der Waals surface area contributed by atoms with E-state index in [-0.39, 0.29) is 5.56 Å². The van der Waals surface area contributed by atoms with E-state index in [1.807, 2.05) is 37.5 Å². The number of hydrogen-bond donors (Lipinski definition) is 1. The normalized spacial score (nSPS) is 12.0. The Morgan fingerprint density at radius 1 is 1.31 bits per heavy atom. The monoisotopic (exact) mass is 358 g/mol. The molecule has 0 bridgehead atoms. The number of allylic oxidation sites excluding steroid dienone is 3. The number of benzene rings is 1. The maximum absolute atomic E-state index is 12.9. The molecule has 1 N–H and O–H groups in total. The molecule has 1 aromatic carbocycles. The van der Waals surface area contributed by atoms with Crippen molar-refractivity contribution in [1.82, 2.24) is 10.3 Å². The van der Waals surface area contributed by atoms with Crippen LogP contribution in [-0.4, -0.2) is 19.1 Å². The molecule has 0 saturated carbocycles. The van der Waals surface area contributed by atoms with Gasteiger partial charge in [0, 0.05) is 30.6 Å². The fraction of sp³-hybridized carbons (Fsp3) is 0.286. The number of hydrogen-bond acceptors (Lipinski definition) is 3. The van der Waals surface area contributed by atoms with Gasteiger partial charge in [0.15, 0.2) is 0 Å². The number of ether oxygens (including phenoxy) is 1. The molecule has 2 rings (SSSR count). The van der Waals surface area contributed by atoms with Gasteiger partial charge in [-0.2, -0.15) is 0 Å². The van der Waals surface area contributed by atoms with E-state index >= 15 is 0 Å². The van der Waals surface area contributed by atoms with Gasteiger partial charge in [0.25, 0.3) is 6.43 Å². The van der Waals surface area contributed by atoms with Crippen molar-refractivity contribution in [2.24, 2.45) is 0 Å². The zero-order valence-corrected chi connectivity index (χ0v) is 15.3. The maximum Gasteiger partial charge on any atom is 0.264 e. The Morgan fingerprint density at radius 2 is 2.12 bits per heavy atom. The van der Waals surface area contributed by atoms with Crippen LogP contribution in [0, 0.1) is 6.92 Å². The van der Waals surface area contributed by atoms with Crippen LogP contribution in [0.15, 0.2) is 55.0 Å². The molecule has 0 fully saturated rings. The second-order valence-corrected chi connectivity index (χ2v) is 5.91. The standard InChI is InChI=1S/C21H24F2N2O/c1-15-13-16(7-9-18(15)21(22)23)6-8-17(5-4-11-24-2)19-14-25-12-10-20(19)26-3/h4-5,7,9-14,21,24H,6,8H2,1-3H3/b11-4-,17-5+. The fourth-order valence-corrected chi connectivity index (χ4v) is 2.79. The predicted octanol–water partition coefficient (Wildman–Crippen LogP) is 5.09. The molecule has 0 radical (unpaired) electrons. The Morgan fingerprint density at radius 3 is 2.77 bits per heavy atom. The van der Waals surface area contributed by atoms with Gasteiger partial charge in [0.05, 0.1) is 7.11 Å². The largest absolute Gasteiger partial charge is 0.496 e. The molecule has 0 aliphatic heterocycles. The molecule has 0 spiro atoms. The summed E-state index contributed by atoms with van der Waals surface area (Å²) < 4.78 is 31.3. The lowest BCUT2D eigenvalue weighted by atomic mass is 9.96. The van der Waals surface area contributed by atoms with Crippen molar-refractivity contribution >= 4 is 5.57 Å². The van der Waals surface area contributed by atoms with Crippen molar-refractivity contribution in [2.75, 3.05) is 14.2 Å². The molecule has 0 aliphatic rings. The van der Waals surface area contributed by atoms with Gasteiger partial charge < -0.3 is 10.1 Å². The highest BCUT2D eigenvalue weighted by atomic mass is 19.3. The maximum atomic E-state index is 12.9. The molecular weight excluding hydrogens is 334 g/mol. The van der Waals surface area contributed by atoms with Crippen LogP contribution in [0.3, 0.4) is 0 Å². The van der Waals surface area contributed by atoms with Gasteiger partial charge in [-0.1, -0.05) is 24.3 Å². The number of halogens is 2. The summed E-state index contributed by atoms with van der Waals surface area (Å²) in [7, 11) is 3.47. The van der Waals surface area contributed by atoms with Gasteiger partial charge in [-0.25, -0.2) is 8.78 Å². The van der Waals surface area contributed by atoms with Crippen LogP contribution in [0.2, 0.25) is 0 Å². The first-order chi connectivity index (χ1) is 12.6. The number of aromatic nitrogens is 1. The van der Waals surface area contributed by atoms with E-state index in [1.165, 1.54) is 6.07 Å². The minimum absolute atomic E-state index is 0.0930. The zero-order valence-electron chi connectivity index (χ0n) is 15.3. The lowest BCUT2D eigenvalue weighted by molar-refractivity contribution is 0.150. The second-order valence-electron chi connectivity index (χ2n) is 5.91. The number of nitrogens with zero attached hydrogens (tertiary/aromatic N) is 1. The highest BCUT2D eigenvalue weighted by Gasteiger charge is 2.12. The molecule has 0 atom stereocenters. The first-order valence-corrected chi connectivity index (χ1v) is 8.45. The van der Waals surface area contributed by atoms with Gasteiger partial charge in [-0.15, -0.1) is 0 Å². The van der Waals surface area contributed by atoms with E-state index in [0.717, 1.165) is 35.3 Å². The van der Waals surface area contributed by atoms with E-state index in [1.54, 1.807) is 32.5 Å². The summed E-state index contributed by atoms with van der Waals surface area (Å²) in [6, 6.07) is 6.95. The third-order valence-corrected chi connectivity index (χ3v) is 4.16. The third kappa shape index (κ3) is 5.15. The summed E-state index contributed by atoms with van der Waals surface area (Å²) in [6.07, 6.45) is 8.28. The number of aryl methyl sites for hydroxylation is 2. The Kier molecular flexibility index (Phi) is 7.33. The van der Waals surface area contributed by atoms with E-state index in [0.29, 0.717) is 5.56 Å². The molecule has 138 valence electrons. The summed E-state index contributed by atoms with van der Waals surface area (Å²) in [4.78, 5) is 4.20. The molecule has 0 unspecified atom stereocenters. The number of nitrogens with one attached hydrogen (secondary N) is 1. The van der Waals surface area contributed by atoms with Crippen LogP contribution in [0.5, 0.6) is 5.75 Å². The first-order valence-electron chi connectivity index (χ1n) is 8.45. The zero-order chi connectivity index (χ0) is 18.9. The molecule has 0 aliphatic carbocycles. The van der Waals surface area contributed by atoms with Crippen molar-refractivity contribution in [2.45, 2.75) is 26.2 Å². The molecule has 0 amide bonds. The highest BCUT2D eigenvalue weighted by Crippen LogP contribution is 2.29. The summed E-state index contributed by atoms with van der Waals surface area (Å²) in [6.45, 7) is 1.72. The van der Waals surface area contributed by atoms with E-state index < -0.39 is 6.43 Å². The van der Waals surface area contributed by atoms with E-state index in [2.05, 4.69) is 10.3 Å². The average molecular weight is 358 g/mol. The first kappa shape index (κ1) is 19.6. The molecule has 1 aromatic heterocycles. The lowest BCUT2D eigenvalue weighted by Gasteiger charge is -2.12. The summed E-state index contributed by atoms with van der Waals surface area (Å²) >= 11 is 0. The topological polar surface area (TPSA) is 34.2 Å². The third-order valence-electron chi connectivity index (χ3n) is 4.16. The van der Waals surface area contributed by atoms with Gasteiger partial charge in [-0.3, -0.25) is 4.98 Å². The second kappa shape index (κ2) is 9.70. The van der Waals surface area contributed by atoms with Crippen molar-refractivity contribution in [3.05, 3.63) is 77.3 Å². The van der Waals surface area contributed by atoms with Crippen molar-refractivity contribution in [3.8, 4) is 5.75 Å². The van der Waals surface area contributed by atoms with Crippen molar-refractivity contribution < 1.29 is 13.5 Å². The van der Waals surface area contributed by atoms with Crippen molar-refractivity contribution in [1.29, 1.82) is 0 Å². The SMILES string of the molecule is CN/C=C\C=C(/CCc1ccc(C(F)F)c(C)c1)c1cnccc1OC. The minimum atomic E-state index is -2.44. The quantitative estimate of drug-likeness (QED) is 0.668. The average Bonchev–Trinajstić information content (AvgIpc) is 2.64. The van der Waals surface area contributed by atoms with E-state index in [4.69, 9.17) is 4.74 Å². The van der Waals surface area contributed by atoms with Crippen LogP contribution in [0.4, 0.5) is 8.78 Å². The summed E-state index contributed by atoms with van der Waals surface area (Å²) in [5, 5.41) is 2.96. The van der Waals surface area contributed by atoms with Gasteiger partial charge in [-0.05, 0) is 54.8 Å². The highest BCUT2D eigenvalue weighted by molar-refractivity contribution is 5.71. The molecule has 3 nitrogen and oxygen atoms in total. The number of methoxy groups -OCH3 is 1. The van der Waals surface area contributed by atoms with E-state index in [9.17, 15) is 8.78 Å². The number of rotatable bonds is 8. The molecule has 2 aromatic rings. The Balaban J connectivity index is 2.24. The Labute approximate surface area is 153 Å². The summed E-state index contributed by atoms with van der Waals surface area (Å²) in [5.74, 6) is 0.758. The van der Waals surface area contributed by atoms with Crippen LogP contribution in [0.1, 0.15) is 35.1 Å². The summed E-state index contributed by atoms with van der Waals surface area (Å²) in [5.41, 5.74) is 3.74. The lowest BCUT2D eigenvalue weighted by Crippen LogP contribution is -1.97. The minimum Gasteiger partial charge on any atom is -0.496 e. The molecular formula is C21H24F2N2O. The number of pyridine rings is 1. The molecule has 1 heterocycles. The fourth-order valence-electron chi connectivity index (χ4n) is 2.79. The van der Waals surface area contributed by atoms with Gasteiger partial charge in [0.2, 0.25) is 0 Å². The van der Waals surface area contributed by atoms with Crippen molar-refractivity contribution in [3.63, 3.8) is 0 Å². The smallest absolute Gasteiger partial charge is 0.264 e. The van der Waals surface area contributed by atoms with Crippen LogP contribution in [-0.2, 0) is 6.42 Å². The van der Waals surface area contributed by atoms with Crippen LogP contribution >= 0.6 is 0 Å². The van der Waals surface area contributed by atoms with Crippen LogP contribution in [0.25, 0.3) is 5.57 Å². The predicted molar refractivity (Wildman–Crippen MR) is 101 cm³/mol. The molecule has 5 heteroatoms.